The lowest BCUT2D eigenvalue weighted by atomic mass is 9.81. The van der Waals surface area contributed by atoms with E-state index in [-0.39, 0.29) is 24.1 Å². The largest absolute Gasteiger partial charge is 0.393 e. The molecule has 0 unspecified atom stereocenters. The van der Waals surface area contributed by atoms with E-state index >= 15 is 0 Å². The highest BCUT2D eigenvalue weighted by Gasteiger charge is 2.34. The molecule has 2 heteroatoms. The fraction of sp³-hybridized carbons (Fsp3) is 0.333. The van der Waals surface area contributed by atoms with Gasteiger partial charge in [0.2, 0.25) is 0 Å². The Balaban J connectivity index is 1.87. The maximum atomic E-state index is 10.4. The first-order valence-electron chi connectivity index (χ1n) is 7.29. The molecular weight excluding hydrogens is 246 g/mol. The molecule has 2 aromatic rings. The average Bonchev–Trinajstić information content (AvgIpc) is 2.51. The van der Waals surface area contributed by atoms with Crippen LogP contribution in [-0.4, -0.2) is 11.2 Å². The zero-order chi connectivity index (χ0) is 13.9. The third kappa shape index (κ3) is 2.62. The van der Waals surface area contributed by atoms with Crippen LogP contribution in [0.2, 0.25) is 0 Å². The Bertz CT molecular complexity index is 540. The van der Waals surface area contributed by atoms with Crippen LogP contribution in [0.5, 0.6) is 0 Å². The van der Waals surface area contributed by atoms with Gasteiger partial charge in [0.15, 0.2) is 0 Å². The summed E-state index contributed by atoms with van der Waals surface area (Å²) >= 11 is 0. The lowest BCUT2D eigenvalue weighted by Crippen LogP contribution is -2.43. The standard InChI is InChI=1S/C18H21NO/c1-13-17(20)12-16(14-8-4-2-5-9-14)19-18(13)15-10-6-3-7-11-15/h2-11,13,16-20H,12H2,1H3/t13-,16+,17+,18+/m1/s1. The first kappa shape index (κ1) is 13.3. The number of aliphatic hydroxyl groups excluding tert-OH is 1. The lowest BCUT2D eigenvalue weighted by molar-refractivity contribution is 0.0402. The van der Waals surface area contributed by atoms with Gasteiger partial charge in [0, 0.05) is 18.0 Å². The van der Waals surface area contributed by atoms with Crippen LogP contribution >= 0.6 is 0 Å². The molecule has 0 bridgehead atoms. The first-order chi connectivity index (χ1) is 9.75. The highest BCUT2D eigenvalue weighted by molar-refractivity contribution is 5.25. The van der Waals surface area contributed by atoms with E-state index < -0.39 is 0 Å². The molecule has 1 saturated heterocycles. The van der Waals surface area contributed by atoms with E-state index in [4.69, 9.17) is 0 Å². The second-order valence-corrected chi connectivity index (χ2v) is 5.68. The Hall–Kier alpha value is -1.64. The van der Waals surface area contributed by atoms with E-state index in [1.54, 1.807) is 0 Å². The molecule has 0 aromatic heterocycles. The predicted octanol–water partition coefficient (Wildman–Crippen LogP) is 3.46. The van der Waals surface area contributed by atoms with Gasteiger partial charge in [-0.1, -0.05) is 67.6 Å². The molecule has 1 heterocycles. The monoisotopic (exact) mass is 267 g/mol. The van der Waals surface area contributed by atoms with Gasteiger partial charge in [-0.15, -0.1) is 0 Å². The highest BCUT2D eigenvalue weighted by atomic mass is 16.3. The topological polar surface area (TPSA) is 32.3 Å². The molecule has 0 aliphatic carbocycles. The van der Waals surface area contributed by atoms with Crippen LogP contribution in [-0.2, 0) is 0 Å². The summed E-state index contributed by atoms with van der Waals surface area (Å²) in [6.07, 6.45) is 0.501. The summed E-state index contributed by atoms with van der Waals surface area (Å²) in [6.45, 7) is 2.12. The Morgan fingerprint density at radius 1 is 0.900 bits per heavy atom. The minimum absolute atomic E-state index is 0.199. The summed E-state index contributed by atoms with van der Waals surface area (Å²) in [5.41, 5.74) is 2.50. The Kier molecular flexibility index (Phi) is 3.86. The summed E-state index contributed by atoms with van der Waals surface area (Å²) in [5.74, 6) is 0.220. The quantitative estimate of drug-likeness (QED) is 0.873. The van der Waals surface area contributed by atoms with Gasteiger partial charge in [0.25, 0.3) is 0 Å². The van der Waals surface area contributed by atoms with Gasteiger partial charge < -0.3 is 10.4 Å². The molecule has 1 fully saturated rings. The summed E-state index contributed by atoms with van der Waals surface area (Å²) in [7, 11) is 0. The van der Waals surface area contributed by atoms with Crippen molar-refractivity contribution in [3.05, 3.63) is 71.8 Å². The molecule has 0 amide bonds. The van der Waals surface area contributed by atoms with Gasteiger partial charge in [-0.2, -0.15) is 0 Å². The van der Waals surface area contributed by atoms with Crippen molar-refractivity contribution in [2.24, 2.45) is 5.92 Å². The fourth-order valence-electron chi connectivity index (χ4n) is 3.09. The van der Waals surface area contributed by atoms with E-state index in [1.807, 2.05) is 12.1 Å². The fourth-order valence-corrected chi connectivity index (χ4v) is 3.09. The zero-order valence-electron chi connectivity index (χ0n) is 11.7. The van der Waals surface area contributed by atoms with Gasteiger partial charge in [-0.05, 0) is 17.5 Å². The van der Waals surface area contributed by atoms with Crippen molar-refractivity contribution in [1.29, 1.82) is 0 Å². The van der Waals surface area contributed by atoms with Crippen LogP contribution in [0.3, 0.4) is 0 Å². The van der Waals surface area contributed by atoms with Gasteiger partial charge in [-0.3, -0.25) is 0 Å². The Morgan fingerprint density at radius 3 is 2.05 bits per heavy atom. The molecule has 3 rings (SSSR count). The van der Waals surface area contributed by atoms with Gasteiger partial charge in [0.05, 0.1) is 6.10 Å². The van der Waals surface area contributed by atoms with Crippen molar-refractivity contribution < 1.29 is 5.11 Å². The van der Waals surface area contributed by atoms with E-state index in [0.29, 0.717) is 0 Å². The van der Waals surface area contributed by atoms with Crippen LogP contribution < -0.4 is 5.32 Å². The molecule has 104 valence electrons. The number of rotatable bonds is 2. The van der Waals surface area contributed by atoms with Crippen LogP contribution in [0.4, 0.5) is 0 Å². The minimum Gasteiger partial charge on any atom is -0.393 e. The summed E-state index contributed by atoms with van der Waals surface area (Å²) in [4.78, 5) is 0. The van der Waals surface area contributed by atoms with Crippen molar-refractivity contribution in [3.63, 3.8) is 0 Å². The van der Waals surface area contributed by atoms with Crippen LogP contribution in [0.1, 0.15) is 36.6 Å². The molecule has 1 aliphatic heterocycles. The number of hydrogen-bond acceptors (Lipinski definition) is 2. The molecule has 2 N–H and O–H groups in total. The number of aliphatic hydroxyl groups is 1. The maximum absolute atomic E-state index is 10.4. The highest BCUT2D eigenvalue weighted by Crippen LogP contribution is 2.36. The predicted molar refractivity (Wildman–Crippen MR) is 81.3 cm³/mol. The van der Waals surface area contributed by atoms with Crippen LogP contribution in [0.25, 0.3) is 0 Å². The third-order valence-corrected chi connectivity index (χ3v) is 4.35. The molecule has 1 aliphatic rings. The molecule has 2 nitrogen and oxygen atoms in total. The summed E-state index contributed by atoms with van der Waals surface area (Å²) < 4.78 is 0. The van der Waals surface area contributed by atoms with Crippen LogP contribution in [0, 0.1) is 5.92 Å². The van der Waals surface area contributed by atoms with Gasteiger partial charge in [0.1, 0.15) is 0 Å². The number of hydrogen-bond donors (Lipinski definition) is 2. The SMILES string of the molecule is C[C@H]1[C@@H](c2ccccc2)N[C@H](c2ccccc2)C[C@@H]1O. The van der Waals surface area contributed by atoms with Crippen molar-refractivity contribution in [2.45, 2.75) is 31.5 Å². The smallest absolute Gasteiger partial charge is 0.0602 e. The molecule has 4 atom stereocenters. The number of nitrogens with one attached hydrogen (secondary N) is 1. The number of piperidine rings is 1. The van der Waals surface area contributed by atoms with Crippen molar-refractivity contribution in [2.75, 3.05) is 0 Å². The summed E-state index contributed by atoms with van der Waals surface area (Å²) in [6, 6.07) is 21.2. The summed E-state index contributed by atoms with van der Waals surface area (Å²) in [5, 5.41) is 14.1. The second kappa shape index (κ2) is 5.78. The molecule has 0 spiro atoms. The van der Waals surface area contributed by atoms with E-state index in [9.17, 15) is 5.11 Å². The van der Waals surface area contributed by atoms with Crippen molar-refractivity contribution >= 4 is 0 Å². The van der Waals surface area contributed by atoms with Crippen molar-refractivity contribution in [1.82, 2.24) is 5.32 Å². The zero-order valence-corrected chi connectivity index (χ0v) is 11.7. The second-order valence-electron chi connectivity index (χ2n) is 5.68. The Morgan fingerprint density at radius 2 is 1.45 bits per heavy atom. The normalized spacial score (nSPS) is 30.1. The molecule has 20 heavy (non-hydrogen) atoms. The van der Waals surface area contributed by atoms with Gasteiger partial charge >= 0.3 is 0 Å². The molecule has 0 saturated carbocycles. The Labute approximate surface area is 120 Å². The lowest BCUT2D eigenvalue weighted by Gasteiger charge is -2.39. The van der Waals surface area contributed by atoms with E-state index in [0.717, 1.165) is 6.42 Å². The van der Waals surface area contributed by atoms with Gasteiger partial charge in [-0.25, -0.2) is 0 Å². The molecule has 2 aromatic carbocycles. The minimum atomic E-state index is -0.272. The van der Waals surface area contributed by atoms with Crippen LogP contribution in [0.15, 0.2) is 60.7 Å². The van der Waals surface area contributed by atoms with E-state index in [1.165, 1.54) is 11.1 Å². The number of benzene rings is 2. The molecule has 0 radical (unpaired) electrons. The van der Waals surface area contributed by atoms with Crippen molar-refractivity contribution in [3.8, 4) is 0 Å². The maximum Gasteiger partial charge on any atom is 0.0602 e. The first-order valence-corrected chi connectivity index (χ1v) is 7.29. The molecular formula is C18H21NO. The third-order valence-electron chi connectivity index (χ3n) is 4.35. The van der Waals surface area contributed by atoms with E-state index in [2.05, 4.69) is 60.8 Å². The average molecular weight is 267 g/mol.